The number of carboxylic acid groups (broad SMARTS) is 2. The topological polar surface area (TPSA) is 199 Å². The fourth-order valence-corrected chi connectivity index (χ4v) is 3.55. The second-order valence-electron chi connectivity index (χ2n) is 7.78. The third-order valence-electron chi connectivity index (χ3n) is 5.25. The number of nitrogens with one attached hydrogen (secondary N) is 2. The standard InChI is InChI=1S/C21H28N4O8/c22-14(10-12-3-5-13(26)6-4-12)20(31)25-9-1-2-16(25)19(30)23-11-17(27)24-15(21(32)33)7-8-18(28)29/h3-6,14-16,26H,1-2,7-11,22H2,(H,23,30)(H,24,27)(H,28,29)(H,32,33). The van der Waals surface area contributed by atoms with Gasteiger partial charge in [-0.2, -0.15) is 0 Å². The number of hydrogen-bond donors (Lipinski definition) is 6. The van der Waals surface area contributed by atoms with Gasteiger partial charge in [0, 0.05) is 13.0 Å². The lowest BCUT2D eigenvalue weighted by Gasteiger charge is -2.26. The predicted molar refractivity (Wildman–Crippen MR) is 114 cm³/mol. The summed E-state index contributed by atoms with van der Waals surface area (Å²) in [6.45, 7) is -0.184. The quantitative estimate of drug-likeness (QED) is 0.233. The summed E-state index contributed by atoms with van der Waals surface area (Å²) in [5, 5.41) is 31.7. The number of carbonyl (C=O) groups excluding carboxylic acids is 3. The highest BCUT2D eigenvalue weighted by molar-refractivity contribution is 5.93. The maximum absolute atomic E-state index is 12.8. The number of rotatable bonds is 11. The molecular weight excluding hydrogens is 436 g/mol. The zero-order chi connectivity index (χ0) is 24.5. The minimum atomic E-state index is -1.40. The first-order valence-corrected chi connectivity index (χ1v) is 10.4. The van der Waals surface area contributed by atoms with Crippen LogP contribution in [0.5, 0.6) is 5.75 Å². The van der Waals surface area contributed by atoms with Crippen molar-refractivity contribution < 1.29 is 39.3 Å². The lowest BCUT2D eigenvalue weighted by molar-refractivity contribution is -0.143. The van der Waals surface area contributed by atoms with Gasteiger partial charge >= 0.3 is 11.9 Å². The Balaban J connectivity index is 1.88. The zero-order valence-corrected chi connectivity index (χ0v) is 17.9. The molecule has 0 radical (unpaired) electrons. The van der Waals surface area contributed by atoms with Gasteiger partial charge in [-0.25, -0.2) is 4.79 Å². The van der Waals surface area contributed by atoms with Gasteiger partial charge in [0.1, 0.15) is 17.8 Å². The first-order chi connectivity index (χ1) is 15.6. The van der Waals surface area contributed by atoms with Crippen LogP contribution in [0.4, 0.5) is 0 Å². The Bertz CT molecular complexity index is 889. The molecule has 0 aromatic heterocycles. The third-order valence-corrected chi connectivity index (χ3v) is 5.25. The molecule has 33 heavy (non-hydrogen) atoms. The van der Waals surface area contributed by atoms with Gasteiger partial charge in [0.05, 0.1) is 12.6 Å². The predicted octanol–water partition coefficient (Wildman–Crippen LogP) is -1.20. The van der Waals surface area contributed by atoms with Crippen LogP contribution in [-0.2, 0) is 30.4 Å². The smallest absolute Gasteiger partial charge is 0.326 e. The lowest BCUT2D eigenvalue weighted by atomic mass is 10.0. The maximum Gasteiger partial charge on any atom is 0.326 e. The van der Waals surface area contributed by atoms with Crippen molar-refractivity contribution in [1.29, 1.82) is 0 Å². The van der Waals surface area contributed by atoms with E-state index in [1.54, 1.807) is 12.1 Å². The Kier molecular flexibility index (Phi) is 9.16. The Morgan fingerprint density at radius 2 is 1.79 bits per heavy atom. The first-order valence-electron chi connectivity index (χ1n) is 10.4. The van der Waals surface area contributed by atoms with Crippen LogP contribution in [0.15, 0.2) is 24.3 Å². The van der Waals surface area contributed by atoms with E-state index < -0.39 is 60.8 Å². The SMILES string of the molecule is NC(Cc1ccc(O)cc1)C(=O)N1CCCC1C(=O)NCC(=O)NC(CCC(=O)O)C(=O)O. The monoisotopic (exact) mass is 464 g/mol. The van der Waals surface area contributed by atoms with Gasteiger partial charge in [-0.3, -0.25) is 19.2 Å². The van der Waals surface area contributed by atoms with E-state index in [1.165, 1.54) is 17.0 Å². The van der Waals surface area contributed by atoms with Crippen molar-refractivity contribution in [2.45, 2.75) is 50.2 Å². The van der Waals surface area contributed by atoms with Gasteiger partial charge in [0.15, 0.2) is 0 Å². The number of carbonyl (C=O) groups is 5. The maximum atomic E-state index is 12.8. The molecule has 3 atom stereocenters. The molecule has 0 spiro atoms. The van der Waals surface area contributed by atoms with Crippen molar-refractivity contribution in [3.05, 3.63) is 29.8 Å². The van der Waals surface area contributed by atoms with Crippen molar-refractivity contribution in [2.75, 3.05) is 13.1 Å². The van der Waals surface area contributed by atoms with E-state index >= 15 is 0 Å². The molecule has 2 rings (SSSR count). The summed E-state index contributed by atoms with van der Waals surface area (Å²) in [6.07, 6.45) is 0.459. The van der Waals surface area contributed by atoms with Gasteiger partial charge in [0.2, 0.25) is 17.7 Å². The number of aromatic hydroxyl groups is 1. The third kappa shape index (κ3) is 7.75. The highest BCUT2D eigenvalue weighted by Crippen LogP contribution is 2.19. The van der Waals surface area contributed by atoms with E-state index in [-0.39, 0.29) is 18.6 Å². The minimum absolute atomic E-state index is 0.0931. The van der Waals surface area contributed by atoms with E-state index in [4.69, 9.17) is 15.9 Å². The normalized spacial score (nSPS) is 17.1. The molecule has 3 unspecified atom stereocenters. The molecule has 1 saturated heterocycles. The summed E-state index contributed by atoms with van der Waals surface area (Å²) in [7, 11) is 0. The number of carboxylic acids is 2. The van der Waals surface area contributed by atoms with Gasteiger partial charge in [0.25, 0.3) is 0 Å². The van der Waals surface area contributed by atoms with Crippen LogP contribution < -0.4 is 16.4 Å². The second-order valence-corrected chi connectivity index (χ2v) is 7.78. The average Bonchev–Trinajstić information content (AvgIpc) is 3.25. The summed E-state index contributed by atoms with van der Waals surface area (Å²) in [4.78, 5) is 60.5. The molecule has 12 nitrogen and oxygen atoms in total. The molecule has 1 aromatic carbocycles. The summed E-state index contributed by atoms with van der Waals surface area (Å²) in [5.41, 5.74) is 6.79. The number of nitrogens with zero attached hydrogens (tertiary/aromatic N) is 1. The number of hydrogen-bond acceptors (Lipinski definition) is 7. The molecule has 7 N–H and O–H groups in total. The van der Waals surface area contributed by atoms with Crippen LogP contribution in [0, 0.1) is 0 Å². The molecule has 0 aliphatic carbocycles. The highest BCUT2D eigenvalue weighted by atomic mass is 16.4. The van der Waals surface area contributed by atoms with Crippen LogP contribution in [0.2, 0.25) is 0 Å². The number of benzene rings is 1. The van der Waals surface area contributed by atoms with Crippen LogP contribution in [0.1, 0.15) is 31.2 Å². The van der Waals surface area contributed by atoms with Crippen LogP contribution in [-0.4, -0.2) is 81.1 Å². The molecule has 1 aromatic rings. The van der Waals surface area contributed by atoms with E-state index in [0.29, 0.717) is 19.4 Å². The molecule has 1 aliphatic heterocycles. The number of phenols is 1. The van der Waals surface area contributed by atoms with Crippen LogP contribution in [0.3, 0.4) is 0 Å². The molecule has 12 heteroatoms. The Morgan fingerprint density at radius 1 is 1.12 bits per heavy atom. The van der Waals surface area contributed by atoms with Crippen molar-refractivity contribution in [3.63, 3.8) is 0 Å². The van der Waals surface area contributed by atoms with Crippen molar-refractivity contribution in [2.24, 2.45) is 5.73 Å². The van der Waals surface area contributed by atoms with Gasteiger partial charge in [-0.05, 0) is 43.4 Å². The molecule has 1 aliphatic rings. The fraction of sp³-hybridized carbons (Fsp3) is 0.476. The second kappa shape index (κ2) is 11.8. The number of amides is 3. The highest BCUT2D eigenvalue weighted by Gasteiger charge is 2.36. The average molecular weight is 464 g/mol. The molecule has 180 valence electrons. The largest absolute Gasteiger partial charge is 0.508 e. The number of nitrogens with two attached hydrogens (primary N) is 1. The molecular formula is C21H28N4O8. The molecule has 1 heterocycles. The Hall–Kier alpha value is -3.67. The van der Waals surface area contributed by atoms with E-state index in [0.717, 1.165) is 5.56 Å². The minimum Gasteiger partial charge on any atom is -0.508 e. The summed E-state index contributed by atoms with van der Waals surface area (Å²) in [6, 6.07) is 3.18. The van der Waals surface area contributed by atoms with Crippen molar-refractivity contribution >= 4 is 29.7 Å². The number of phenolic OH excluding ortho intramolecular Hbond substituents is 1. The molecule has 3 amide bonds. The van der Waals surface area contributed by atoms with Crippen molar-refractivity contribution in [3.8, 4) is 5.75 Å². The lowest BCUT2D eigenvalue weighted by Crippen LogP contribution is -2.53. The number of likely N-dealkylation sites (tertiary alicyclic amines) is 1. The summed E-state index contributed by atoms with van der Waals surface area (Å²) in [5.74, 6) is -4.25. The van der Waals surface area contributed by atoms with Gasteiger partial charge < -0.3 is 36.6 Å². The van der Waals surface area contributed by atoms with Crippen LogP contribution >= 0.6 is 0 Å². The van der Waals surface area contributed by atoms with Gasteiger partial charge in [-0.15, -0.1) is 0 Å². The molecule has 0 saturated carbocycles. The number of aliphatic carboxylic acids is 2. The van der Waals surface area contributed by atoms with E-state index in [9.17, 15) is 29.1 Å². The summed E-state index contributed by atoms with van der Waals surface area (Å²) >= 11 is 0. The molecule has 0 bridgehead atoms. The first kappa shape index (κ1) is 25.6. The Labute approximate surface area is 189 Å². The fourth-order valence-electron chi connectivity index (χ4n) is 3.55. The summed E-state index contributed by atoms with van der Waals surface area (Å²) < 4.78 is 0. The zero-order valence-electron chi connectivity index (χ0n) is 17.9. The van der Waals surface area contributed by atoms with Gasteiger partial charge in [-0.1, -0.05) is 12.1 Å². The van der Waals surface area contributed by atoms with E-state index in [1.807, 2.05) is 0 Å². The Morgan fingerprint density at radius 3 is 2.39 bits per heavy atom. The van der Waals surface area contributed by atoms with Crippen LogP contribution in [0.25, 0.3) is 0 Å². The van der Waals surface area contributed by atoms with E-state index in [2.05, 4.69) is 10.6 Å². The van der Waals surface area contributed by atoms with Crippen molar-refractivity contribution in [1.82, 2.24) is 15.5 Å². The molecule has 1 fully saturated rings.